The second-order valence-electron chi connectivity index (χ2n) is 4.90. The van der Waals surface area contributed by atoms with E-state index in [1.807, 2.05) is 26.0 Å². The smallest absolute Gasteiger partial charge is 0.349 e. The van der Waals surface area contributed by atoms with Gasteiger partial charge in [0.05, 0.1) is 4.92 Å². The molecule has 120 valence electrons. The maximum Gasteiger partial charge on any atom is 0.349 e. The maximum atomic E-state index is 13.2. The summed E-state index contributed by atoms with van der Waals surface area (Å²) in [7, 11) is 0. The van der Waals surface area contributed by atoms with Gasteiger partial charge in [-0.25, -0.2) is 9.18 Å². The fourth-order valence-corrected chi connectivity index (χ4v) is 1.97. The van der Waals surface area contributed by atoms with Crippen LogP contribution < -0.4 is 9.47 Å². The molecule has 2 aromatic rings. The van der Waals surface area contributed by atoms with E-state index in [-0.39, 0.29) is 0 Å². The molecule has 0 aliphatic heterocycles. The summed E-state index contributed by atoms with van der Waals surface area (Å²) in [5.74, 6) is -1.56. The summed E-state index contributed by atoms with van der Waals surface area (Å²) in [5.41, 5.74) is 1.40. The number of carbonyl (C=O) groups is 1. The third-order valence-corrected chi connectivity index (χ3v) is 3.02. The number of carbonyl (C=O) groups excluding carboxylic acids is 1. The number of esters is 1. The zero-order valence-corrected chi connectivity index (χ0v) is 12.5. The van der Waals surface area contributed by atoms with Crippen molar-refractivity contribution in [3.05, 3.63) is 63.5 Å². The van der Waals surface area contributed by atoms with Gasteiger partial charge in [0.1, 0.15) is 11.6 Å². The fourth-order valence-electron chi connectivity index (χ4n) is 1.97. The molecule has 0 heterocycles. The Kier molecular flexibility index (Phi) is 4.90. The molecule has 0 aliphatic carbocycles. The summed E-state index contributed by atoms with van der Waals surface area (Å²) < 4.78 is 23.3. The molecular weight excluding hydrogens is 305 g/mol. The Morgan fingerprint density at radius 1 is 1.17 bits per heavy atom. The average molecular weight is 319 g/mol. The van der Waals surface area contributed by atoms with E-state index in [1.165, 1.54) is 0 Å². The minimum atomic E-state index is -0.862. The first-order chi connectivity index (χ1) is 10.9. The molecule has 0 radical (unpaired) electrons. The largest absolute Gasteiger partial charge is 0.482 e. The van der Waals surface area contributed by atoms with Gasteiger partial charge in [-0.15, -0.1) is 0 Å². The maximum absolute atomic E-state index is 13.2. The van der Waals surface area contributed by atoms with Crippen molar-refractivity contribution in [2.45, 2.75) is 13.8 Å². The topological polar surface area (TPSA) is 78.7 Å². The van der Waals surface area contributed by atoms with Gasteiger partial charge in [-0.05, 0) is 31.5 Å². The van der Waals surface area contributed by atoms with Gasteiger partial charge in [0.15, 0.2) is 6.61 Å². The molecule has 0 fully saturated rings. The van der Waals surface area contributed by atoms with Crippen LogP contribution in [0.25, 0.3) is 0 Å². The van der Waals surface area contributed by atoms with E-state index in [2.05, 4.69) is 0 Å². The molecular formula is C16H14FNO5. The zero-order valence-electron chi connectivity index (χ0n) is 12.5. The van der Waals surface area contributed by atoms with Crippen molar-refractivity contribution in [2.75, 3.05) is 6.61 Å². The van der Waals surface area contributed by atoms with Crippen LogP contribution in [-0.4, -0.2) is 17.5 Å². The van der Waals surface area contributed by atoms with Crippen LogP contribution in [0.2, 0.25) is 0 Å². The molecule has 6 nitrogen and oxygen atoms in total. The van der Waals surface area contributed by atoms with Crippen molar-refractivity contribution in [1.29, 1.82) is 0 Å². The van der Waals surface area contributed by atoms with Crippen molar-refractivity contribution in [2.24, 2.45) is 0 Å². The van der Waals surface area contributed by atoms with Crippen LogP contribution in [0.4, 0.5) is 10.1 Å². The molecule has 0 saturated heterocycles. The first-order valence-corrected chi connectivity index (χ1v) is 6.71. The Bertz CT molecular complexity index is 760. The summed E-state index contributed by atoms with van der Waals surface area (Å²) in [6.07, 6.45) is 0. The summed E-state index contributed by atoms with van der Waals surface area (Å²) in [6.45, 7) is 3.30. The van der Waals surface area contributed by atoms with Crippen LogP contribution in [-0.2, 0) is 4.79 Å². The molecule has 0 bridgehead atoms. The molecule has 0 aromatic heterocycles. The summed E-state index contributed by atoms with van der Waals surface area (Å²) in [4.78, 5) is 21.8. The molecule has 0 N–H and O–H groups in total. The minimum absolute atomic E-state index is 0.447. The number of ether oxygens (including phenoxy) is 2. The molecule has 0 aliphatic rings. The molecule has 23 heavy (non-hydrogen) atoms. The standard InChI is InChI=1S/C16H14FNO5/c1-10-3-6-14(11(2)7-10)22-9-16(19)23-15-8-12(17)4-5-13(15)18(20)21/h3-8H,9H2,1-2H3. The Labute approximate surface area is 131 Å². The lowest BCUT2D eigenvalue weighted by Gasteiger charge is -2.09. The van der Waals surface area contributed by atoms with Crippen LogP contribution >= 0.6 is 0 Å². The SMILES string of the molecule is Cc1ccc(OCC(=O)Oc2cc(F)ccc2[N+](=O)[O-])c(C)c1. The van der Waals surface area contributed by atoms with Crippen molar-refractivity contribution >= 4 is 11.7 Å². The van der Waals surface area contributed by atoms with Crippen LogP contribution in [0.15, 0.2) is 36.4 Å². The minimum Gasteiger partial charge on any atom is -0.482 e. The first kappa shape index (κ1) is 16.4. The number of aryl methyl sites for hydroxylation is 2. The van der Waals surface area contributed by atoms with E-state index < -0.39 is 34.8 Å². The Hall–Kier alpha value is -2.96. The summed E-state index contributed by atoms with van der Waals surface area (Å²) >= 11 is 0. The third kappa shape index (κ3) is 4.26. The van der Waals surface area contributed by atoms with E-state index in [1.54, 1.807) is 6.07 Å². The van der Waals surface area contributed by atoms with Gasteiger partial charge in [0.2, 0.25) is 5.75 Å². The fraction of sp³-hybridized carbons (Fsp3) is 0.188. The number of nitro groups is 1. The molecule has 0 spiro atoms. The number of benzene rings is 2. The van der Waals surface area contributed by atoms with Crippen LogP contribution in [0.5, 0.6) is 11.5 Å². The van der Waals surface area contributed by atoms with E-state index in [0.29, 0.717) is 5.75 Å². The first-order valence-electron chi connectivity index (χ1n) is 6.71. The summed E-state index contributed by atoms with van der Waals surface area (Å²) in [6, 6.07) is 8.06. The molecule has 0 atom stereocenters. The highest BCUT2D eigenvalue weighted by Crippen LogP contribution is 2.27. The molecule has 2 rings (SSSR count). The Morgan fingerprint density at radius 2 is 1.91 bits per heavy atom. The third-order valence-electron chi connectivity index (χ3n) is 3.02. The van der Waals surface area contributed by atoms with Crippen molar-refractivity contribution < 1.29 is 23.6 Å². The van der Waals surface area contributed by atoms with E-state index >= 15 is 0 Å². The van der Waals surface area contributed by atoms with E-state index in [4.69, 9.17) is 9.47 Å². The second kappa shape index (κ2) is 6.87. The quantitative estimate of drug-likeness (QED) is 0.365. The number of rotatable bonds is 5. The monoisotopic (exact) mass is 319 g/mol. The molecule has 0 unspecified atom stereocenters. The lowest BCUT2D eigenvalue weighted by molar-refractivity contribution is -0.385. The van der Waals surface area contributed by atoms with Gasteiger partial charge in [-0.1, -0.05) is 17.7 Å². The highest BCUT2D eigenvalue weighted by atomic mass is 19.1. The molecule has 0 amide bonds. The Morgan fingerprint density at radius 3 is 2.57 bits per heavy atom. The van der Waals surface area contributed by atoms with E-state index in [0.717, 1.165) is 29.3 Å². The van der Waals surface area contributed by atoms with Gasteiger partial charge in [-0.3, -0.25) is 10.1 Å². The second-order valence-corrected chi connectivity index (χ2v) is 4.90. The molecule has 0 saturated carbocycles. The van der Waals surface area contributed by atoms with E-state index in [9.17, 15) is 19.3 Å². The normalized spacial score (nSPS) is 10.2. The van der Waals surface area contributed by atoms with Crippen molar-refractivity contribution in [3.63, 3.8) is 0 Å². The number of hydrogen-bond donors (Lipinski definition) is 0. The molecule has 2 aromatic carbocycles. The van der Waals surface area contributed by atoms with Gasteiger partial charge >= 0.3 is 11.7 Å². The van der Waals surface area contributed by atoms with Crippen LogP contribution in [0.1, 0.15) is 11.1 Å². The van der Waals surface area contributed by atoms with Gasteiger partial charge in [-0.2, -0.15) is 0 Å². The highest BCUT2D eigenvalue weighted by molar-refractivity contribution is 5.75. The number of hydrogen-bond acceptors (Lipinski definition) is 5. The lowest BCUT2D eigenvalue weighted by atomic mass is 10.1. The van der Waals surface area contributed by atoms with Crippen LogP contribution in [0, 0.1) is 29.8 Å². The van der Waals surface area contributed by atoms with Crippen molar-refractivity contribution in [3.8, 4) is 11.5 Å². The number of halogens is 1. The summed E-state index contributed by atoms with van der Waals surface area (Å²) in [5, 5.41) is 10.8. The lowest BCUT2D eigenvalue weighted by Crippen LogP contribution is -2.18. The Balaban J connectivity index is 2.05. The average Bonchev–Trinajstić information content (AvgIpc) is 2.46. The predicted octanol–water partition coefficient (Wildman–Crippen LogP) is 3.34. The van der Waals surface area contributed by atoms with Gasteiger partial charge < -0.3 is 9.47 Å². The number of nitrogens with zero attached hydrogens (tertiary/aromatic N) is 1. The van der Waals surface area contributed by atoms with Crippen molar-refractivity contribution in [1.82, 2.24) is 0 Å². The van der Waals surface area contributed by atoms with Gasteiger partial charge in [0.25, 0.3) is 0 Å². The zero-order chi connectivity index (χ0) is 17.0. The number of nitro benzene ring substituents is 1. The predicted molar refractivity (Wildman–Crippen MR) is 80.1 cm³/mol. The van der Waals surface area contributed by atoms with Gasteiger partial charge in [0, 0.05) is 12.1 Å². The van der Waals surface area contributed by atoms with Crippen LogP contribution in [0.3, 0.4) is 0 Å². The molecule has 7 heteroatoms. The highest BCUT2D eigenvalue weighted by Gasteiger charge is 2.19.